The highest BCUT2D eigenvalue weighted by atomic mass is 35.5. The minimum Gasteiger partial charge on any atom is -0.482 e. The molecule has 0 bridgehead atoms. The second-order valence-corrected chi connectivity index (χ2v) is 8.04. The molecule has 134 valence electrons. The van der Waals surface area contributed by atoms with Crippen molar-refractivity contribution >= 4 is 27.5 Å². The van der Waals surface area contributed by atoms with E-state index in [1.807, 2.05) is 31.2 Å². The predicted octanol–water partition coefficient (Wildman–Crippen LogP) is 2.33. The molecule has 0 aliphatic carbocycles. The van der Waals surface area contributed by atoms with Crippen LogP contribution in [0.3, 0.4) is 0 Å². The molecule has 0 aromatic heterocycles. The van der Waals surface area contributed by atoms with Crippen molar-refractivity contribution in [3.63, 3.8) is 0 Å². The zero-order chi connectivity index (χ0) is 18.6. The summed E-state index contributed by atoms with van der Waals surface area (Å²) in [6.07, 6.45) is 0. The highest BCUT2D eigenvalue weighted by Crippen LogP contribution is 2.30. The summed E-state index contributed by atoms with van der Waals surface area (Å²) in [5.74, 6) is -0.676. The fourth-order valence-corrected chi connectivity index (χ4v) is 3.70. The van der Waals surface area contributed by atoms with Crippen LogP contribution >= 0.6 is 11.6 Å². The standard InChI is InChI=1S/C17H19ClN2O4S/c1-12-3-5-13(6-4-12)10-20(2)25(22,23)16-9-14(18)7-8-15(16)24-11-17(19)21/h3-9H,10-11H2,1-2H3,(H2,19,21). The SMILES string of the molecule is Cc1ccc(CN(C)S(=O)(=O)c2cc(Cl)ccc2OCC(N)=O)cc1. The fourth-order valence-electron chi connectivity index (χ4n) is 2.16. The summed E-state index contributed by atoms with van der Waals surface area (Å²) in [4.78, 5) is 10.8. The average molecular weight is 383 g/mol. The zero-order valence-electron chi connectivity index (χ0n) is 13.9. The highest BCUT2D eigenvalue weighted by molar-refractivity contribution is 7.89. The molecule has 0 heterocycles. The summed E-state index contributed by atoms with van der Waals surface area (Å²) < 4.78 is 32.2. The first-order valence-electron chi connectivity index (χ1n) is 7.42. The van der Waals surface area contributed by atoms with Crippen LogP contribution in [0.2, 0.25) is 5.02 Å². The van der Waals surface area contributed by atoms with Crippen molar-refractivity contribution in [1.82, 2.24) is 4.31 Å². The number of amides is 1. The molecule has 0 aliphatic rings. The van der Waals surface area contributed by atoms with E-state index >= 15 is 0 Å². The summed E-state index contributed by atoms with van der Waals surface area (Å²) in [5.41, 5.74) is 6.99. The second kappa shape index (κ2) is 7.86. The molecule has 0 aliphatic heterocycles. The largest absolute Gasteiger partial charge is 0.482 e. The van der Waals surface area contributed by atoms with Gasteiger partial charge in [0.25, 0.3) is 5.91 Å². The van der Waals surface area contributed by atoms with Crippen molar-refractivity contribution in [2.24, 2.45) is 5.73 Å². The Morgan fingerprint density at radius 2 is 1.84 bits per heavy atom. The number of halogens is 1. The molecule has 2 N–H and O–H groups in total. The third kappa shape index (κ3) is 4.94. The fraction of sp³-hybridized carbons (Fsp3) is 0.235. The molecule has 0 saturated carbocycles. The number of benzene rings is 2. The van der Waals surface area contributed by atoms with Gasteiger partial charge in [-0.15, -0.1) is 0 Å². The van der Waals surface area contributed by atoms with Crippen molar-refractivity contribution < 1.29 is 17.9 Å². The van der Waals surface area contributed by atoms with Gasteiger partial charge in [-0.25, -0.2) is 8.42 Å². The van der Waals surface area contributed by atoms with E-state index in [0.29, 0.717) is 0 Å². The minimum atomic E-state index is -3.88. The van der Waals surface area contributed by atoms with Crippen molar-refractivity contribution in [2.45, 2.75) is 18.4 Å². The number of nitrogens with zero attached hydrogens (tertiary/aromatic N) is 1. The van der Waals surface area contributed by atoms with Gasteiger partial charge >= 0.3 is 0 Å². The zero-order valence-corrected chi connectivity index (χ0v) is 15.5. The molecular weight excluding hydrogens is 364 g/mol. The highest BCUT2D eigenvalue weighted by Gasteiger charge is 2.26. The topological polar surface area (TPSA) is 89.7 Å². The summed E-state index contributed by atoms with van der Waals surface area (Å²) in [6.45, 7) is 1.72. The van der Waals surface area contributed by atoms with E-state index in [2.05, 4.69) is 0 Å². The van der Waals surface area contributed by atoms with E-state index < -0.39 is 22.5 Å². The van der Waals surface area contributed by atoms with Crippen molar-refractivity contribution in [1.29, 1.82) is 0 Å². The van der Waals surface area contributed by atoms with Gasteiger partial charge in [0.05, 0.1) is 0 Å². The molecule has 0 fully saturated rings. The van der Waals surface area contributed by atoms with E-state index in [0.717, 1.165) is 11.1 Å². The van der Waals surface area contributed by atoms with E-state index in [4.69, 9.17) is 22.1 Å². The van der Waals surface area contributed by atoms with Gasteiger partial charge in [-0.1, -0.05) is 41.4 Å². The quantitative estimate of drug-likeness (QED) is 0.795. The Hall–Kier alpha value is -2.09. The molecule has 2 aromatic rings. The molecule has 25 heavy (non-hydrogen) atoms. The van der Waals surface area contributed by atoms with Gasteiger partial charge in [0.2, 0.25) is 10.0 Å². The van der Waals surface area contributed by atoms with E-state index in [1.165, 1.54) is 29.6 Å². The number of hydrogen-bond acceptors (Lipinski definition) is 4. The first-order chi connectivity index (χ1) is 11.7. The smallest absolute Gasteiger partial charge is 0.255 e. The minimum absolute atomic E-state index is 0.0268. The molecule has 0 radical (unpaired) electrons. The van der Waals surface area contributed by atoms with Gasteiger partial charge in [-0.3, -0.25) is 4.79 Å². The summed E-state index contributed by atoms with van der Waals surface area (Å²) >= 11 is 5.94. The van der Waals surface area contributed by atoms with E-state index in [9.17, 15) is 13.2 Å². The monoisotopic (exact) mass is 382 g/mol. The van der Waals surface area contributed by atoms with Crippen LogP contribution in [-0.4, -0.2) is 32.3 Å². The number of primary amides is 1. The van der Waals surface area contributed by atoms with Crippen LogP contribution in [0.25, 0.3) is 0 Å². The number of carbonyl (C=O) groups excluding carboxylic acids is 1. The van der Waals surface area contributed by atoms with Crippen LogP contribution in [0.1, 0.15) is 11.1 Å². The molecule has 6 nitrogen and oxygen atoms in total. The predicted molar refractivity (Wildman–Crippen MR) is 96.0 cm³/mol. The maximum Gasteiger partial charge on any atom is 0.255 e. The lowest BCUT2D eigenvalue weighted by molar-refractivity contribution is -0.120. The Labute approximate surface area is 152 Å². The van der Waals surface area contributed by atoms with Gasteiger partial charge < -0.3 is 10.5 Å². The summed E-state index contributed by atoms with van der Waals surface area (Å²) in [5, 5.41) is 0.244. The van der Waals surface area contributed by atoms with Gasteiger partial charge in [0, 0.05) is 18.6 Å². The Balaban J connectivity index is 2.32. The maximum atomic E-state index is 12.9. The maximum absolute atomic E-state index is 12.9. The lowest BCUT2D eigenvalue weighted by atomic mass is 10.1. The third-order valence-electron chi connectivity index (χ3n) is 3.49. The molecule has 0 atom stereocenters. The lowest BCUT2D eigenvalue weighted by Crippen LogP contribution is -2.27. The van der Waals surface area contributed by atoms with Crippen LogP contribution in [0.5, 0.6) is 5.75 Å². The summed E-state index contributed by atoms with van der Waals surface area (Å²) in [6, 6.07) is 11.7. The van der Waals surface area contributed by atoms with Gasteiger partial charge in [-0.2, -0.15) is 4.31 Å². The van der Waals surface area contributed by atoms with Gasteiger partial charge in [-0.05, 0) is 30.7 Å². The van der Waals surface area contributed by atoms with Crippen LogP contribution in [-0.2, 0) is 21.4 Å². The third-order valence-corrected chi connectivity index (χ3v) is 5.55. The Morgan fingerprint density at radius 3 is 2.44 bits per heavy atom. The Kier molecular flexibility index (Phi) is 6.05. The molecule has 2 aromatic carbocycles. The van der Waals surface area contributed by atoms with Crippen LogP contribution in [0.15, 0.2) is 47.4 Å². The normalized spacial score (nSPS) is 11.5. The number of carbonyl (C=O) groups is 1. The van der Waals surface area contributed by atoms with Gasteiger partial charge in [0.15, 0.2) is 6.61 Å². The van der Waals surface area contributed by atoms with E-state index in [1.54, 1.807) is 0 Å². The molecule has 0 saturated heterocycles. The number of rotatable bonds is 7. The van der Waals surface area contributed by atoms with Crippen molar-refractivity contribution in [3.8, 4) is 5.75 Å². The average Bonchev–Trinajstić information content (AvgIpc) is 2.55. The van der Waals surface area contributed by atoms with Crippen LogP contribution < -0.4 is 10.5 Å². The van der Waals surface area contributed by atoms with Crippen LogP contribution in [0.4, 0.5) is 0 Å². The number of ether oxygens (including phenoxy) is 1. The summed E-state index contributed by atoms with van der Waals surface area (Å²) in [7, 11) is -2.41. The molecular formula is C17H19ClN2O4S. The van der Waals surface area contributed by atoms with Crippen molar-refractivity contribution in [3.05, 3.63) is 58.6 Å². The molecule has 8 heteroatoms. The lowest BCUT2D eigenvalue weighted by Gasteiger charge is -2.19. The molecule has 0 unspecified atom stereocenters. The molecule has 2 rings (SSSR count). The number of nitrogens with two attached hydrogens (primary N) is 1. The molecule has 1 amide bonds. The van der Waals surface area contributed by atoms with E-state index in [-0.39, 0.29) is 22.2 Å². The number of aryl methyl sites for hydroxylation is 1. The first-order valence-corrected chi connectivity index (χ1v) is 9.24. The molecule has 0 spiro atoms. The van der Waals surface area contributed by atoms with Crippen molar-refractivity contribution in [2.75, 3.05) is 13.7 Å². The number of hydrogen-bond donors (Lipinski definition) is 1. The Bertz CT molecular complexity index is 867. The Morgan fingerprint density at radius 1 is 1.20 bits per heavy atom. The number of sulfonamides is 1. The first kappa shape index (κ1) is 19.2. The second-order valence-electron chi connectivity index (χ2n) is 5.59. The van der Waals surface area contributed by atoms with Gasteiger partial charge in [0.1, 0.15) is 10.6 Å². The van der Waals surface area contributed by atoms with Crippen LogP contribution in [0, 0.1) is 6.92 Å².